The highest BCUT2D eigenvalue weighted by molar-refractivity contribution is 6.07. The van der Waals surface area contributed by atoms with Gasteiger partial charge < -0.3 is 19.1 Å². The molecule has 0 bridgehead atoms. The van der Waals surface area contributed by atoms with Gasteiger partial charge in [0.15, 0.2) is 5.60 Å². The number of likely N-dealkylation sites (N-methyl/N-ethyl adjacent to an activating group) is 1. The van der Waals surface area contributed by atoms with Crippen molar-refractivity contribution >= 4 is 11.6 Å². The average molecular weight is 365 g/mol. The zero-order valence-electron chi connectivity index (χ0n) is 15.8. The topological polar surface area (TPSA) is 48.0 Å². The summed E-state index contributed by atoms with van der Waals surface area (Å²) in [5, 5.41) is 0. The Morgan fingerprint density at radius 1 is 1.15 bits per heavy atom. The van der Waals surface area contributed by atoms with Gasteiger partial charge in [0.2, 0.25) is 0 Å². The molecule has 0 aromatic heterocycles. The van der Waals surface area contributed by atoms with Gasteiger partial charge in [-0.15, -0.1) is 0 Å². The molecule has 1 spiro atoms. The quantitative estimate of drug-likeness (QED) is 0.776. The summed E-state index contributed by atoms with van der Waals surface area (Å²) in [7, 11) is 3.43. The Balaban J connectivity index is 1.56. The molecule has 2 heterocycles. The van der Waals surface area contributed by atoms with Crippen molar-refractivity contribution in [1.29, 1.82) is 0 Å². The van der Waals surface area contributed by atoms with Gasteiger partial charge in [-0.2, -0.15) is 0 Å². The SMILES string of the molecule is COc1ccc(OC[C@H]2C=C(C)C[C@@]3(O2)C(=O)N(C)c2ccccc23)cc1. The molecular weight excluding hydrogens is 342 g/mol. The van der Waals surface area contributed by atoms with Crippen molar-refractivity contribution in [3.8, 4) is 11.5 Å². The lowest BCUT2D eigenvalue weighted by atomic mass is 9.85. The standard InChI is InChI=1S/C22H23NO4/c1-15-12-18(14-26-17-10-8-16(25-3)9-11-17)27-22(13-15)19-6-4-5-7-20(19)23(2)21(22)24/h4-12,18H,13-14H2,1-3H3/t18-,22+/m1/s1. The highest BCUT2D eigenvalue weighted by Crippen LogP contribution is 2.48. The van der Waals surface area contributed by atoms with Crippen molar-refractivity contribution in [3.05, 3.63) is 65.7 Å². The molecule has 0 N–H and O–H groups in total. The summed E-state index contributed by atoms with van der Waals surface area (Å²) in [6.07, 6.45) is 2.30. The van der Waals surface area contributed by atoms with E-state index in [4.69, 9.17) is 14.2 Å². The zero-order chi connectivity index (χ0) is 19.0. The fourth-order valence-electron chi connectivity index (χ4n) is 3.92. The molecule has 5 heteroatoms. The maximum absolute atomic E-state index is 13.1. The van der Waals surface area contributed by atoms with E-state index >= 15 is 0 Å². The molecule has 0 radical (unpaired) electrons. The van der Waals surface area contributed by atoms with Crippen LogP contribution in [0.1, 0.15) is 18.9 Å². The second-order valence-corrected chi connectivity index (χ2v) is 7.04. The minimum atomic E-state index is -0.960. The monoisotopic (exact) mass is 365 g/mol. The van der Waals surface area contributed by atoms with Gasteiger partial charge in [0.1, 0.15) is 24.2 Å². The van der Waals surface area contributed by atoms with Gasteiger partial charge in [0.25, 0.3) is 5.91 Å². The van der Waals surface area contributed by atoms with Crippen LogP contribution in [0.4, 0.5) is 5.69 Å². The Kier molecular flexibility index (Phi) is 4.40. The normalized spacial score (nSPS) is 24.0. The predicted molar refractivity (Wildman–Crippen MR) is 103 cm³/mol. The first-order chi connectivity index (χ1) is 13.0. The molecule has 0 fully saturated rings. The van der Waals surface area contributed by atoms with E-state index in [0.29, 0.717) is 13.0 Å². The van der Waals surface area contributed by atoms with Crippen molar-refractivity contribution in [1.82, 2.24) is 0 Å². The molecule has 140 valence electrons. The number of benzene rings is 2. The van der Waals surface area contributed by atoms with Gasteiger partial charge in [0, 0.05) is 19.0 Å². The van der Waals surface area contributed by atoms with Gasteiger partial charge >= 0.3 is 0 Å². The maximum atomic E-state index is 13.1. The third-order valence-corrected chi connectivity index (χ3v) is 5.18. The largest absolute Gasteiger partial charge is 0.497 e. The van der Waals surface area contributed by atoms with Gasteiger partial charge in [-0.25, -0.2) is 0 Å². The average Bonchev–Trinajstić information content (AvgIpc) is 2.89. The highest BCUT2D eigenvalue weighted by atomic mass is 16.6. The van der Waals surface area contributed by atoms with Crippen molar-refractivity contribution in [2.45, 2.75) is 25.0 Å². The number of hydrogen-bond acceptors (Lipinski definition) is 4. The Morgan fingerprint density at radius 3 is 2.59 bits per heavy atom. The summed E-state index contributed by atoms with van der Waals surface area (Å²) >= 11 is 0. The molecule has 2 aliphatic heterocycles. The molecule has 4 rings (SSSR count). The summed E-state index contributed by atoms with van der Waals surface area (Å²) in [5.41, 5.74) is 2.01. The molecule has 0 aliphatic carbocycles. The van der Waals surface area contributed by atoms with Crippen LogP contribution in [0.5, 0.6) is 11.5 Å². The molecule has 2 aliphatic rings. The Labute approximate surface area is 159 Å². The first-order valence-corrected chi connectivity index (χ1v) is 9.03. The summed E-state index contributed by atoms with van der Waals surface area (Å²) < 4.78 is 17.4. The lowest BCUT2D eigenvalue weighted by Crippen LogP contribution is -2.46. The molecular formula is C22H23NO4. The Bertz CT molecular complexity index is 889. The number of methoxy groups -OCH3 is 1. The molecule has 2 atom stereocenters. The number of carbonyl (C=O) groups is 1. The van der Waals surface area contributed by atoms with Crippen molar-refractivity contribution in [3.63, 3.8) is 0 Å². The van der Waals surface area contributed by atoms with E-state index in [1.807, 2.05) is 61.5 Å². The van der Waals surface area contributed by atoms with E-state index in [1.54, 1.807) is 19.1 Å². The number of carbonyl (C=O) groups excluding carboxylic acids is 1. The van der Waals surface area contributed by atoms with Gasteiger partial charge in [-0.05, 0) is 37.3 Å². The van der Waals surface area contributed by atoms with E-state index in [9.17, 15) is 4.79 Å². The minimum absolute atomic E-state index is 0.0226. The van der Waals surface area contributed by atoms with Crippen LogP contribution in [0.15, 0.2) is 60.2 Å². The van der Waals surface area contributed by atoms with Gasteiger partial charge in [-0.3, -0.25) is 4.79 Å². The Hall–Kier alpha value is -2.79. The van der Waals surface area contributed by atoms with Crippen molar-refractivity contribution in [2.24, 2.45) is 0 Å². The van der Waals surface area contributed by atoms with Crippen LogP contribution in [0.3, 0.4) is 0 Å². The second-order valence-electron chi connectivity index (χ2n) is 7.04. The fraction of sp³-hybridized carbons (Fsp3) is 0.318. The third kappa shape index (κ3) is 2.98. The number of fused-ring (bicyclic) bond motifs is 2. The lowest BCUT2D eigenvalue weighted by molar-refractivity contribution is -0.153. The maximum Gasteiger partial charge on any atom is 0.264 e. The zero-order valence-corrected chi connectivity index (χ0v) is 15.8. The van der Waals surface area contributed by atoms with Crippen LogP contribution in [-0.4, -0.2) is 32.8 Å². The second kappa shape index (κ2) is 6.74. The van der Waals surface area contributed by atoms with E-state index in [0.717, 1.165) is 28.3 Å². The molecule has 2 aromatic carbocycles. The van der Waals surface area contributed by atoms with Crippen LogP contribution in [-0.2, 0) is 15.1 Å². The van der Waals surface area contributed by atoms with Gasteiger partial charge in [-0.1, -0.05) is 29.8 Å². The van der Waals surface area contributed by atoms with Crippen LogP contribution >= 0.6 is 0 Å². The number of ether oxygens (including phenoxy) is 3. The molecule has 2 aromatic rings. The van der Waals surface area contributed by atoms with E-state index in [2.05, 4.69) is 0 Å². The molecule has 1 amide bonds. The van der Waals surface area contributed by atoms with Crippen LogP contribution < -0.4 is 14.4 Å². The molecule has 0 unspecified atom stereocenters. The van der Waals surface area contributed by atoms with Gasteiger partial charge in [0.05, 0.1) is 12.8 Å². The lowest BCUT2D eigenvalue weighted by Gasteiger charge is -2.36. The summed E-state index contributed by atoms with van der Waals surface area (Å²) in [5.74, 6) is 1.49. The number of para-hydroxylation sites is 1. The third-order valence-electron chi connectivity index (χ3n) is 5.18. The smallest absolute Gasteiger partial charge is 0.264 e. The van der Waals surface area contributed by atoms with Crippen molar-refractivity contribution < 1.29 is 19.0 Å². The van der Waals surface area contributed by atoms with E-state index in [-0.39, 0.29) is 12.0 Å². The number of hydrogen-bond donors (Lipinski definition) is 0. The Morgan fingerprint density at radius 2 is 1.85 bits per heavy atom. The van der Waals surface area contributed by atoms with Crippen LogP contribution in [0.25, 0.3) is 0 Å². The minimum Gasteiger partial charge on any atom is -0.497 e. The number of nitrogens with zero attached hydrogens (tertiary/aromatic N) is 1. The first kappa shape index (κ1) is 17.6. The molecule has 5 nitrogen and oxygen atoms in total. The summed E-state index contributed by atoms with van der Waals surface area (Å²) in [4.78, 5) is 14.8. The fourth-order valence-corrected chi connectivity index (χ4v) is 3.92. The summed E-state index contributed by atoms with van der Waals surface area (Å²) in [6, 6.07) is 15.3. The molecule has 0 saturated carbocycles. The first-order valence-electron chi connectivity index (χ1n) is 9.03. The molecule has 0 saturated heterocycles. The van der Waals surface area contributed by atoms with Crippen molar-refractivity contribution in [2.75, 3.05) is 25.7 Å². The number of anilines is 1. The predicted octanol–water partition coefficient (Wildman–Crippen LogP) is 3.68. The van der Waals surface area contributed by atoms with E-state index < -0.39 is 5.60 Å². The number of amides is 1. The van der Waals surface area contributed by atoms with Crippen LogP contribution in [0, 0.1) is 0 Å². The molecule has 27 heavy (non-hydrogen) atoms. The van der Waals surface area contributed by atoms with Crippen LogP contribution in [0.2, 0.25) is 0 Å². The summed E-state index contributed by atoms with van der Waals surface area (Å²) in [6.45, 7) is 2.38. The highest BCUT2D eigenvalue weighted by Gasteiger charge is 2.53. The number of rotatable bonds is 4. The van der Waals surface area contributed by atoms with E-state index in [1.165, 1.54) is 0 Å².